The zero-order chi connectivity index (χ0) is 48.6. The zero-order valence-electron chi connectivity index (χ0n) is 38.4. The number of amides is 4. The van der Waals surface area contributed by atoms with Crippen molar-refractivity contribution in [3.8, 4) is 28.8 Å². The number of sulfonamides is 1. The highest BCUT2D eigenvalue weighted by atomic mass is 32.2. The molecule has 67 heavy (non-hydrogen) atoms. The normalized spacial score (nSPS) is 26.6. The number of alkyl halides is 3. The molecular formula is C46H58F3N7O10S. The van der Waals surface area contributed by atoms with Crippen molar-refractivity contribution in [3.05, 3.63) is 54.6 Å². The molecule has 0 unspecified atom stereocenters. The standard InChI is InChI=1S/C46H58F3N7O10S/c1-25(2)64-30-14-12-28(13-15-30)38-50-35-21-31(63-7)16-19-34(35)40(51-38)65-32-22-36-39(57)52-45(42(59)55-67(61,62)33-17-18-33)23-29(45)11-9-8-10-26(3)20-27(4)37(41(58)56(36)24-32)53-54-43(60)66-44(5,6)46(47,48)49/h9,11-16,19,21,25-27,29,32-33,36-37,53H,8,10,17-18,20,22-24H2,1-7H3,(H,52,57)(H,54,60)(H,55,59)/b11-9-/t26-,27+,29+,32+,36-,37-,45+/m0/s1. The third kappa shape index (κ3) is 11.2. The lowest BCUT2D eigenvalue weighted by atomic mass is 9.88. The third-order valence-electron chi connectivity index (χ3n) is 12.6. The number of fused-ring (bicyclic) bond motifs is 3. The number of aromatic nitrogens is 2. The van der Waals surface area contributed by atoms with Gasteiger partial charge in [-0.25, -0.2) is 23.6 Å². The predicted molar refractivity (Wildman–Crippen MR) is 239 cm³/mol. The topological polar surface area (TPSA) is 216 Å². The largest absolute Gasteiger partial charge is 0.497 e. The quantitative estimate of drug-likeness (QED) is 0.124. The maximum absolute atomic E-state index is 15.0. The summed E-state index contributed by atoms with van der Waals surface area (Å²) in [5.41, 5.74) is 1.32. The van der Waals surface area contributed by atoms with Crippen molar-refractivity contribution in [1.29, 1.82) is 0 Å². The number of hydrogen-bond acceptors (Lipinski definition) is 13. The fourth-order valence-electron chi connectivity index (χ4n) is 8.49. The summed E-state index contributed by atoms with van der Waals surface area (Å²) in [6.07, 6.45) is -1.35. The van der Waals surface area contributed by atoms with Crippen LogP contribution in [0, 0.1) is 17.8 Å². The van der Waals surface area contributed by atoms with E-state index < -0.39 is 86.4 Å². The highest BCUT2D eigenvalue weighted by Gasteiger charge is 2.62. The Kier molecular flexibility index (Phi) is 14.0. The average Bonchev–Trinajstić information content (AvgIpc) is 4.18. The molecular weight excluding hydrogens is 900 g/mol. The molecule has 21 heteroatoms. The number of hydrazine groups is 1. The molecule has 364 valence electrons. The van der Waals surface area contributed by atoms with Crippen molar-refractivity contribution >= 4 is 44.7 Å². The summed E-state index contributed by atoms with van der Waals surface area (Å²) in [5, 5.41) is 2.60. The van der Waals surface area contributed by atoms with Crippen molar-refractivity contribution in [1.82, 2.24) is 35.8 Å². The monoisotopic (exact) mass is 957 g/mol. The summed E-state index contributed by atoms with van der Waals surface area (Å²) in [4.78, 5) is 67.4. The number of carbonyl (C=O) groups is 4. The van der Waals surface area contributed by atoms with Gasteiger partial charge < -0.3 is 29.2 Å². The molecule has 17 nitrogen and oxygen atoms in total. The molecule has 1 saturated heterocycles. The fraction of sp³-hybridized carbons (Fsp3) is 0.565. The Morgan fingerprint density at radius 2 is 1.69 bits per heavy atom. The molecule has 7 rings (SSSR count). The molecule has 0 radical (unpaired) electrons. The van der Waals surface area contributed by atoms with Crippen LogP contribution in [0.3, 0.4) is 0 Å². The second-order valence-corrected chi connectivity index (χ2v) is 20.8. The number of carbonyl (C=O) groups excluding carboxylic acids is 4. The molecule has 2 aliphatic heterocycles. The number of methoxy groups -OCH3 is 1. The van der Waals surface area contributed by atoms with Gasteiger partial charge in [0.25, 0.3) is 5.91 Å². The van der Waals surface area contributed by atoms with Crippen LogP contribution in [0.1, 0.15) is 86.5 Å². The van der Waals surface area contributed by atoms with E-state index in [1.807, 2.05) is 26.8 Å². The number of ether oxygens (including phenoxy) is 4. The highest BCUT2D eigenvalue weighted by Crippen LogP contribution is 2.46. The van der Waals surface area contributed by atoms with Crippen molar-refractivity contribution in [2.75, 3.05) is 13.7 Å². The summed E-state index contributed by atoms with van der Waals surface area (Å²) < 4.78 is 91.9. The number of hydrogen-bond donors (Lipinski definition) is 4. The van der Waals surface area contributed by atoms with Gasteiger partial charge in [0, 0.05) is 24.0 Å². The van der Waals surface area contributed by atoms with Gasteiger partial charge in [-0.1, -0.05) is 26.0 Å². The molecule has 3 heterocycles. The smallest absolute Gasteiger partial charge is 0.427 e. The Bertz CT molecular complexity index is 2500. The van der Waals surface area contributed by atoms with Gasteiger partial charge in [0.05, 0.1) is 35.9 Å². The summed E-state index contributed by atoms with van der Waals surface area (Å²) in [7, 11) is -2.49. The van der Waals surface area contributed by atoms with E-state index in [4.69, 9.17) is 28.9 Å². The average molecular weight is 958 g/mol. The number of nitrogens with zero attached hydrogens (tertiary/aromatic N) is 3. The van der Waals surface area contributed by atoms with Crippen LogP contribution in [-0.4, -0.2) is 108 Å². The Morgan fingerprint density at radius 3 is 2.34 bits per heavy atom. The van der Waals surface area contributed by atoms with Crippen LogP contribution in [-0.2, 0) is 29.1 Å². The molecule has 2 aliphatic carbocycles. The van der Waals surface area contributed by atoms with Gasteiger partial charge in [-0.05, 0) is 114 Å². The fourth-order valence-corrected chi connectivity index (χ4v) is 9.85. The van der Waals surface area contributed by atoms with Gasteiger partial charge in [0.1, 0.15) is 35.2 Å². The van der Waals surface area contributed by atoms with E-state index in [1.165, 1.54) is 12.0 Å². The van der Waals surface area contributed by atoms with E-state index in [1.54, 1.807) is 55.5 Å². The first-order chi connectivity index (χ1) is 31.5. The minimum absolute atomic E-state index is 0.0167. The van der Waals surface area contributed by atoms with Gasteiger partial charge in [-0.15, -0.1) is 0 Å². The Balaban J connectivity index is 1.24. The van der Waals surface area contributed by atoms with Crippen molar-refractivity contribution in [2.45, 2.75) is 133 Å². The first-order valence-electron chi connectivity index (χ1n) is 22.5. The summed E-state index contributed by atoms with van der Waals surface area (Å²) in [5.74, 6) is -1.96. The van der Waals surface area contributed by atoms with Gasteiger partial charge in [0.15, 0.2) is 5.82 Å². The Labute approximate surface area is 387 Å². The molecule has 4 amide bonds. The van der Waals surface area contributed by atoms with Gasteiger partial charge in [-0.2, -0.15) is 18.2 Å². The molecule has 7 atom stereocenters. The molecule has 3 fully saturated rings. The maximum atomic E-state index is 15.0. The van der Waals surface area contributed by atoms with Crippen LogP contribution in [0.25, 0.3) is 22.3 Å². The van der Waals surface area contributed by atoms with Crippen LogP contribution in [0.5, 0.6) is 17.4 Å². The van der Waals surface area contributed by atoms with E-state index in [-0.39, 0.29) is 43.1 Å². The van der Waals surface area contributed by atoms with E-state index in [0.717, 1.165) is 0 Å². The van der Waals surface area contributed by atoms with Crippen molar-refractivity contribution in [2.24, 2.45) is 17.8 Å². The lowest BCUT2D eigenvalue weighted by Gasteiger charge is -2.33. The number of rotatable bonds is 12. The van der Waals surface area contributed by atoms with E-state index in [0.29, 0.717) is 73.9 Å². The second-order valence-electron chi connectivity index (χ2n) is 18.8. The highest BCUT2D eigenvalue weighted by molar-refractivity contribution is 7.91. The molecule has 3 aromatic rings. The molecule has 2 saturated carbocycles. The van der Waals surface area contributed by atoms with Gasteiger partial charge >= 0.3 is 12.3 Å². The molecule has 4 N–H and O–H groups in total. The minimum atomic E-state index is -4.91. The zero-order valence-corrected chi connectivity index (χ0v) is 39.3. The Morgan fingerprint density at radius 1 is 0.985 bits per heavy atom. The molecule has 0 bridgehead atoms. The third-order valence-corrected chi connectivity index (χ3v) is 14.4. The predicted octanol–water partition coefficient (Wildman–Crippen LogP) is 5.88. The second kappa shape index (κ2) is 19.1. The summed E-state index contributed by atoms with van der Waals surface area (Å²) in [6.45, 7) is 8.68. The first kappa shape index (κ1) is 49.2. The molecule has 0 spiro atoms. The number of benzene rings is 2. The van der Waals surface area contributed by atoms with Gasteiger partial charge in [0.2, 0.25) is 33.3 Å². The van der Waals surface area contributed by atoms with Gasteiger partial charge in [-0.3, -0.25) is 24.5 Å². The lowest BCUT2D eigenvalue weighted by molar-refractivity contribution is -0.244. The summed E-state index contributed by atoms with van der Waals surface area (Å²) >= 11 is 0. The van der Waals surface area contributed by atoms with E-state index in [9.17, 15) is 36.0 Å². The Hall–Kier alpha value is -5.70. The maximum Gasteiger partial charge on any atom is 0.427 e. The van der Waals surface area contributed by atoms with Crippen LogP contribution in [0.15, 0.2) is 54.6 Å². The summed E-state index contributed by atoms with van der Waals surface area (Å²) in [6, 6.07) is 9.64. The van der Waals surface area contributed by atoms with E-state index in [2.05, 4.69) is 20.9 Å². The number of halogens is 3. The van der Waals surface area contributed by atoms with E-state index >= 15 is 4.79 Å². The molecule has 2 aromatic carbocycles. The van der Waals surface area contributed by atoms with Crippen LogP contribution < -0.4 is 35.1 Å². The minimum Gasteiger partial charge on any atom is -0.497 e. The van der Waals surface area contributed by atoms with Crippen LogP contribution in [0.2, 0.25) is 0 Å². The lowest BCUT2D eigenvalue weighted by Crippen LogP contribution is -2.60. The number of nitrogens with one attached hydrogen (secondary N) is 4. The van der Waals surface area contributed by atoms with Crippen molar-refractivity contribution < 1.29 is 59.7 Å². The van der Waals surface area contributed by atoms with Crippen molar-refractivity contribution in [3.63, 3.8) is 0 Å². The van der Waals surface area contributed by atoms with Crippen LogP contribution in [0.4, 0.5) is 18.0 Å². The first-order valence-corrected chi connectivity index (χ1v) is 24.0. The molecule has 4 aliphatic rings. The number of allylic oxidation sites excluding steroid dienone is 1. The SMILES string of the molecule is COc1ccc2c(O[C@@H]3C[C@H]4C(=O)N[C@]5(C(=O)NS(=O)(=O)C6CC6)C[C@H]5/C=C\CC[C@H](C)C[C@@H](C)[C@H](NNC(=O)OC(C)(C)C(F)(F)F)C(=O)N4C3)nc(-c3ccc(OC(C)C)cc3)nc2c1. The van der Waals surface area contributed by atoms with Crippen LogP contribution >= 0.6 is 0 Å². The molecule has 1 aromatic heterocycles.